The van der Waals surface area contributed by atoms with E-state index in [0.717, 1.165) is 41.1 Å². The number of fused-ring (bicyclic) bond motifs is 1. The molecule has 4 rings (SSSR count). The van der Waals surface area contributed by atoms with Crippen LogP contribution in [0.25, 0.3) is 11.0 Å². The molecule has 0 unspecified atom stereocenters. The number of hydrogen-bond acceptors (Lipinski definition) is 4. The average Bonchev–Trinajstić information content (AvgIpc) is 3.42. The molecule has 2 heterocycles. The number of nitrogens with zero attached hydrogens (tertiary/aromatic N) is 2. The molecule has 2 aromatic carbocycles. The number of furan rings is 1. The average molecular weight is 418 g/mol. The first-order chi connectivity index (χ1) is 15.0. The van der Waals surface area contributed by atoms with Crippen LogP contribution >= 0.6 is 0 Å². The van der Waals surface area contributed by atoms with Crippen LogP contribution in [-0.4, -0.2) is 22.1 Å². The number of rotatable bonds is 8. The Morgan fingerprint density at radius 2 is 2.00 bits per heavy atom. The quantitative estimate of drug-likeness (QED) is 0.400. The van der Waals surface area contributed by atoms with Gasteiger partial charge in [0, 0.05) is 6.54 Å². The zero-order valence-corrected chi connectivity index (χ0v) is 18.1. The summed E-state index contributed by atoms with van der Waals surface area (Å²) < 4.78 is 13.4. The Kier molecular flexibility index (Phi) is 6.07. The summed E-state index contributed by atoms with van der Waals surface area (Å²) in [7, 11) is 0. The maximum absolute atomic E-state index is 12.4. The Morgan fingerprint density at radius 3 is 2.81 bits per heavy atom. The van der Waals surface area contributed by atoms with Crippen LogP contribution in [0.1, 0.15) is 46.9 Å². The van der Waals surface area contributed by atoms with Crippen molar-refractivity contribution in [3.8, 4) is 5.75 Å². The molecule has 0 spiro atoms. The zero-order valence-electron chi connectivity index (χ0n) is 18.1. The minimum Gasteiger partial charge on any atom is -0.493 e. The first kappa shape index (κ1) is 20.7. The number of ether oxygens (including phenoxy) is 1. The second-order valence-corrected chi connectivity index (χ2v) is 7.75. The number of nitrogens with one attached hydrogen (secondary N) is 1. The Bertz CT molecular complexity index is 1180. The monoisotopic (exact) mass is 417 g/mol. The summed E-state index contributed by atoms with van der Waals surface area (Å²) in [5.74, 6) is 1.77. The molecule has 0 aliphatic rings. The number of carbonyl (C=O) groups excluding carboxylic acids is 1. The third-order valence-corrected chi connectivity index (χ3v) is 5.29. The Morgan fingerprint density at radius 1 is 1.16 bits per heavy atom. The predicted molar refractivity (Wildman–Crippen MR) is 120 cm³/mol. The highest BCUT2D eigenvalue weighted by atomic mass is 16.5. The van der Waals surface area contributed by atoms with E-state index in [4.69, 9.17) is 14.1 Å². The highest BCUT2D eigenvalue weighted by Crippen LogP contribution is 2.23. The fourth-order valence-electron chi connectivity index (χ4n) is 3.67. The van der Waals surface area contributed by atoms with Crippen molar-refractivity contribution in [3.05, 3.63) is 83.6 Å². The van der Waals surface area contributed by atoms with E-state index >= 15 is 0 Å². The number of amides is 1. The largest absolute Gasteiger partial charge is 0.493 e. The molecule has 1 atom stereocenters. The van der Waals surface area contributed by atoms with Gasteiger partial charge in [0.15, 0.2) is 5.76 Å². The Balaban J connectivity index is 1.48. The molecule has 0 aliphatic carbocycles. The molecule has 0 saturated heterocycles. The van der Waals surface area contributed by atoms with E-state index in [-0.39, 0.29) is 17.7 Å². The number of para-hydroxylation sites is 2. The molecular formula is C25H27N3O3. The standard InChI is InChI=1S/C25H27N3O3/c1-17-11-12-18(2)23(16-17)31-15-7-13-28-21-9-5-4-8-20(21)27-24(28)19(3)26-25(29)22-10-6-14-30-22/h4-6,8-12,14,16,19H,7,13,15H2,1-3H3,(H,26,29)/t19-/m1/s1. The van der Waals surface area contributed by atoms with Crippen LogP contribution in [0.5, 0.6) is 5.75 Å². The van der Waals surface area contributed by atoms with E-state index in [2.05, 4.69) is 48.0 Å². The number of carbonyl (C=O) groups is 1. The van der Waals surface area contributed by atoms with Gasteiger partial charge in [-0.05, 0) is 68.7 Å². The summed E-state index contributed by atoms with van der Waals surface area (Å²) in [5.41, 5.74) is 4.27. The lowest BCUT2D eigenvalue weighted by atomic mass is 10.1. The van der Waals surface area contributed by atoms with Crippen LogP contribution < -0.4 is 10.1 Å². The van der Waals surface area contributed by atoms with Crippen molar-refractivity contribution >= 4 is 16.9 Å². The van der Waals surface area contributed by atoms with Crippen molar-refractivity contribution in [2.45, 2.75) is 39.8 Å². The van der Waals surface area contributed by atoms with E-state index < -0.39 is 0 Å². The lowest BCUT2D eigenvalue weighted by molar-refractivity contribution is 0.0909. The lowest BCUT2D eigenvalue weighted by Crippen LogP contribution is -2.28. The fourth-order valence-corrected chi connectivity index (χ4v) is 3.67. The van der Waals surface area contributed by atoms with Crippen LogP contribution in [0.4, 0.5) is 0 Å². The molecule has 2 aromatic heterocycles. The van der Waals surface area contributed by atoms with Gasteiger partial charge in [0.05, 0.1) is 29.9 Å². The summed E-state index contributed by atoms with van der Waals surface area (Å²) in [6.45, 7) is 7.39. The van der Waals surface area contributed by atoms with Crippen LogP contribution in [0.3, 0.4) is 0 Å². The van der Waals surface area contributed by atoms with Gasteiger partial charge in [-0.2, -0.15) is 0 Å². The van der Waals surface area contributed by atoms with E-state index in [9.17, 15) is 4.79 Å². The van der Waals surface area contributed by atoms with Gasteiger partial charge in [0.25, 0.3) is 5.91 Å². The van der Waals surface area contributed by atoms with Crippen molar-refractivity contribution in [2.24, 2.45) is 0 Å². The smallest absolute Gasteiger partial charge is 0.287 e. The molecule has 6 heteroatoms. The van der Waals surface area contributed by atoms with Crippen LogP contribution in [0.15, 0.2) is 65.3 Å². The third kappa shape index (κ3) is 4.63. The highest BCUT2D eigenvalue weighted by molar-refractivity contribution is 5.91. The summed E-state index contributed by atoms with van der Waals surface area (Å²) in [5, 5.41) is 2.98. The molecule has 0 radical (unpaired) electrons. The number of imidazole rings is 1. The number of aromatic nitrogens is 2. The Labute approximate surface area is 181 Å². The van der Waals surface area contributed by atoms with Gasteiger partial charge in [-0.15, -0.1) is 0 Å². The van der Waals surface area contributed by atoms with E-state index in [1.807, 2.05) is 25.1 Å². The molecular weight excluding hydrogens is 390 g/mol. The summed E-state index contributed by atoms with van der Waals surface area (Å²) in [6, 6.07) is 17.3. The van der Waals surface area contributed by atoms with Crippen molar-refractivity contribution < 1.29 is 13.9 Å². The second kappa shape index (κ2) is 9.08. The first-order valence-corrected chi connectivity index (χ1v) is 10.5. The van der Waals surface area contributed by atoms with Crippen molar-refractivity contribution in [3.63, 3.8) is 0 Å². The molecule has 0 fully saturated rings. The molecule has 1 amide bonds. The van der Waals surface area contributed by atoms with Gasteiger partial charge in [0.1, 0.15) is 11.6 Å². The lowest BCUT2D eigenvalue weighted by Gasteiger charge is -2.16. The van der Waals surface area contributed by atoms with Crippen LogP contribution in [0, 0.1) is 13.8 Å². The molecule has 1 N–H and O–H groups in total. The maximum Gasteiger partial charge on any atom is 0.287 e. The van der Waals surface area contributed by atoms with Gasteiger partial charge in [-0.25, -0.2) is 4.98 Å². The number of hydrogen-bond donors (Lipinski definition) is 1. The van der Waals surface area contributed by atoms with E-state index in [1.165, 1.54) is 11.8 Å². The zero-order chi connectivity index (χ0) is 21.8. The molecule has 0 saturated carbocycles. The van der Waals surface area contributed by atoms with E-state index in [1.54, 1.807) is 12.1 Å². The molecule has 6 nitrogen and oxygen atoms in total. The van der Waals surface area contributed by atoms with Crippen LogP contribution in [-0.2, 0) is 6.54 Å². The molecule has 0 bridgehead atoms. The van der Waals surface area contributed by atoms with Gasteiger partial charge in [0.2, 0.25) is 0 Å². The topological polar surface area (TPSA) is 69.3 Å². The molecule has 160 valence electrons. The molecule has 0 aliphatic heterocycles. The fraction of sp³-hybridized carbons (Fsp3) is 0.280. The maximum atomic E-state index is 12.4. The summed E-state index contributed by atoms with van der Waals surface area (Å²) in [6.07, 6.45) is 2.31. The predicted octanol–water partition coefficient (Wildman–Crippen LogP) is 5.21. The minimum absolute atomic E-state index is 0.255. The number of benzene rings is 2. The second-order valence-electron chi connectivity index (χ2n) is 7.75. The first-order valence-electron chi connectivity index (χ1n) is 10.5. The molecule has 4 aromatic rings. The summed E-state index contributed by atoms with van der Waals surface area (Å²) in [4.78, 5) is 17.2. The van der Waals surface area contributed by atoms with Gasteiger partial charge in [-0.3, -0.25) is 4.79 Å². The normalized spacial score (nSPS) is 12.1. The van der Waals surface area contributed by atoms with Crippen molar-refractivity contribution in [1.82, 2.24) is 14.9 Å². The van der Waals surface area contributed by atoms with Crippen LogP contribution in [0.2, 0.25) is 0 Å². The van der Waals surface area contributed by atoms with Crippen molar-refractivity contribution in [1.29, 1.82) is 0 Å². The van der Waals surface area contributed by atoms with Gasteiger partial charge < -0.3 is 19.0 Å². The molecule has 31 heavy (non-hydrogen) atoms. The minimum atomic E-state index is -0.273. The number of aryl methyl sites for hydroxylation is 3. The van der Waals surface area contributed by atoms with Gasteiger partial charge in [-0.1, -0.05) is 24.3 Å². The van der Waals surface area contributed by atoms with Gasteiger partial charge >= 0.3 is 0 Å². The highest BCUT2D eigenvalue weighted by Gasteiger charge is 2.20. The third-order valence-electron chi connectivity index (χ3n) is 5.29. The SMILES string of the molecule is Cc1ccc(C)c(OCCCn2c([C@@H](C)NC(=O)c3ccco3)nc3ccccc32)c1. The summed E-state index contributed by atoms with van der Waals surface area (Å²) >= 11 is 0. The Hall–Kier alpha value is -3.54. The van der Waals surface area contributed by atoms with E-state index in [0.29, 0.717) is 6.61 Å². The van der Waals surface area contributed by atoms with Crippen molar-refractivity contribution in [2.75, 3.05) is 6.61 Å².